The number of fused-ring (bicyclic) bond motifs is 5. The van der Waals surface area contributed by atoms with Gasteiger partial charge < -0.3 is 14.7 Å². The number of hydrogen-bond donors (Lipinski definition) is 1. The van der Waals surface area contributed by atoms with E-state index in [-0.39, 0.29) is 23.9 Å². The van der Waals surface area contributed by atoms with Gasteiger partial charge in [-0.2, -0.15) is 0 Å². The van der Waals surface area contributed by atoms with Gasteiger partial charge in [0, 0.05) is 17.6 Å². The van der Waals surface area contributed by atoms with Gasteiger partial charge >= 0.3 is 6.09 Å². The third-order valence-corrected chi connectivity index (χ3v) is 6.09. The number of ether oxygens (including phenoxy) is 1. The minimum absolute atomic E-state index is 0.0738. The zero-order valence-corrected chi connectivity index (χ0v) is 14.6. The topological polar surface area (TPSA) is 78.8 Å². The molecule has 0 radical (unpaired) electrons. The van der Waals surface area contributed by atoms with Crippen molar-refractivity contribution in [2.45, 2.75) is 44.8 Å². The Morgan fingerprint density at radius 1 is 1.31 bits per heavy atom. The summed E-state index contributed by atoms with van der Waals surface area (Å²) in [5, 5.41) is 10.7. The zero-order chi connectivity index (χ0) is 18.2. The molecule has 1 amide bonds. The maximum Gasteiger partial charge on any atom is 0.407 e. The van der Waals surface area contributed by atoms with E-state index in [1.54, 1.807) is 4.90 Å². The van der Waals surface area contributed by atoms with E-state index in [0.717, 1.165) is 24.1 Å². The highest BCUT2D eigenvalue weighted by Gasteiger charge is 2.50. The van der Waals surface area contributed by atoms with Crippen molar-refractivity contribution in [1.82, 2.24) is 14.9 Å². The number of rotatable bonds is 0. The Hall–Kier alpha value is -2.64. The summed E-state index contributed by atoms with van der Waals surface area (Å²) in [6.07, 6.45) is 1.93. The number of carboxylic acid groups (broad SMARTS) is 1. The van der Waals surface area contributed by atoms with Crippen LogP contribution in [-0.4, -0.2) is 57.3 Å². The number of anilines is 1. The number of pyridine rings is 2. The number of piperazine rings is 1. The van der Waals surface area contributed by atoms with E-state index in [9.17, 15) is 14.3 Å². The van der Waals surface area contributed by atoms with Crippen LogP contribution in [0, 0.1) is 19.7 Å². The Bertz CT molecular complexity index is 950. The molecule has 5 rings (SSSR count). The molecule has 5 heterocycles. The van der Waals surface area contributed by atoms with Crippen LogP contribution >= 0.6 is 0 Å². The van der Waals surface area contributed by atoms with E-state index in [0.29, 0.717) is 35.6 Å². The summed E-state index contributed by atoms with van der Waals surface area (Å²) < 4.78 is 20.5. The summed E-state index contributed by atoms with van der Waals surface area (Å²) in [4.78, 5) is 24.3. The first-order valence-electron chi connectivity index (χ1n) is 8.83. The largest absolute Gasteiger partial charge is 0.475 e. The molecule has 0 spiro atoms. The first-order valence-corrected chi connectivity index (χ1v) is 8.83. The average molecular weight is 358 g/mol. The van der Waals surface area contributed by atoms with Crippen LogP contribution < -0.4 is 9.64 Å². The predicted molar refractivity (Wildman–Crippen MR) is 92.3 cm³/mol. The van der Waals surface area contributed by atoms with Crippen LogP contribution in [0.3, 0.4) is 0 Å². The molecular formula is C18H19FN4O3. The van der Waals surface area contributed by atoms with Gasteiger partial charge in [0.2, 0.25) is 5.88 Å². The molecule has 0 aromatic carbocycles. The van der Waals surface area contributed by atoms with Crippen molar-refractivity contribution in [3.8, 4) is 5.88 Å². The van der Waals surface area contributed by atoms with E-state index in [1.165, 1.54) is 6.20 Å². The van der Waals surface area contributed by atoms with E-state index < -0.39 is 6.09 Å². The van der Waals surface area contributed by atoms with Crippen LogP contribution in [0.5, 0.6) is 5.88 Å². The molecule has 2 aromatic heterocycles. The van der Waals surface area contributed by atoms with Crippen molar-refractivity contribution in [1.29, 1.82) is 0 Å². The molecule has 2 bridgehead atoms. The van der Waals surface area contributed by atoms with Gasteiger partial charge in [-0.3, -0.25) is 4.90 Å². The molecule has 0 saturated carbocycles. The lowest BCUT2D eigenvalue weighted by atomic mass is 10.0. The van der Waals surface area contributed by atoms with Gasteiger partial charge in [0.1, 0.15) is 18.2 Å². The summed E-state index contributed by atoms with van der Waals surface area (Å²) in [5.74, 6) is 0.649. The van der Waals surface area contributed by atoms with Crippen molar-refractivity contribution < 1.29 is 19.0 Å². The molecule has 3 aliphatic rings. The van der Waals surface area contributed by atoms with Crippen LogP contribution in [-0.2, 0) is 0 Å². The van der Waals surface area contributed by atoms with Crippen LogP contribution in [0.4, 0.5) is 15.0 Å². The molecule has 3 atom stereocenters. The second kappa shape index (κ2) is 5.18. The Labute approximate surface area is 149 Å². The van der Waals surface area contributed by atoms with Gasteiger partial charge in [0.05, 0.1) is 29.7 Å². The third-order valence-electron chi connectivity index (χ3n) is 6.09. The minimum atomic E-state index is -0.888. The first-order chi connectivity index (χ1) is 12.5. The lowest BCUT2D eigenvalue weighted by Crippen LogP contribution is -2.62. The molecule has 1 N–H and O–H groups in total. The highest BCUT2D eigenvalue weighted by atomic mass is 19.1. The Morgan fingerprint density at radius 2 is 2.12 bits per heavy atom. The molecule has 8 heteroatoms. The number of aryl methyl sites for hydroxylation is 2. The quantitative estimate of drug-likeness (QED) is 0.779. The SMILES string of the molecule is Cc1nc2c3c(ncc(F)c3c1C)OCC1C3CCC(CN21)N3C(=O)O. The Morgan fingerprint density at radius 3 is 2.88 bits per heavy atom. The van der Waals surface area contributed by atoms with Crippen LogP contribution in [0.15, 0.2) is 6.20 Å². The van der Waals surface area contributed by atoms with Crippen molar-refractivity contribution in [2.75, 3.05) is 18.1 Å². The second-order valence-corrected chi connectivity index (χ2v) is 7.33. The van der Waals surface area contributed by atoms with Gasteiger partial charge in [-0.05, 0) is 32.3 Å². The summed E-state index contributed by atoms with van der Waals surface area (Å²) in [6, 6.07) is -0.376. The Kier molecular flexibility index (Phi) is 3.11. The lowest BCUT2D eigenvalue weighted by molar-refractivity contribution is 0.0908. The van der Waals surface area contributed by atoms with Crippen molar-refractivity contribution in [3.63, 3.8) is 0 Å². The second-order valence-electron chi connectivity index (χ2n) is 7.33. The number of nitrogens with zero attached hydrogens (tertiary/aromatic N) is 4. The molecule has 3 unspecified atom stereocenters. The lowest BCUT2D eigenvalue weighted by Gasteiger charge is -2.45. The number of halogens is 1. The number of carbonyl (C=O) groups is 1. The molecule has 0 aliphatic carbocycles. The molecule has 3 aliphatic heterocycles. The maximum atomic E-state index is 14.6. The maximum absolute atomic E-state index is 14.6. The summed E-state index contributed by atoms with van der Waals surface area (Å²) >= 11 is 0. The number of aromatic nitrogens is 2. The monoisotopic (exact) mass is 358 g/mol. The Balaban J connectivity index is 1.74. The predicted octanol–water partition coefficient (Wildman–Crippen LogP) is 2.48. The fourth-order valence-corrected chi connectivity index (χ4v) is 4.79. The van der Waals surface area contributed by atoms with Crippen molar-refractivity contribution >= 4 is 22.7 Å². The normalized spacial score (nSPS) is 26.5. The number of hydrogen-bond acceptors (Lipinski definition) is 5. The highest BCUT2D eigenvalue weighted by Crippen LogP contribution is 2.43. The summed E-state index contributed by atoms with van der Waals surface area (Å²) in [6.45, 7) is 4.57. The van der Waals surface area contributed by atoms with Crippen molar-refractivity contribution in [3.05, 3.63) is 23.3 Å². The van der Waals surface area contributed by atoms with Gasteiger partial charge in [-0.1, -0.05) is 0 Å². The number of amides is 1. The molecule has 2 fully saturated rings. The first kappa shape index (κ1) is 15.6. The molecule has 2 aromatic rings. The van der Waals surface area contributed by atoms with Crippen LogP contribution in [0.25, 0.3) is 10.8 Å². The standard InChI is InChI=1S/C18H19FN4O3/c1-8-9(2)21-16-15-14(8)11(19)5-20-17(15)26-7-13-12-4-3-10(6-22(13)16)23(12)18(24)25/h5,10,12-13H,3-4,6-7H2,1-2H3,(H,24,25). The summed E-state index contributed by atoms with van der Waals surface area (Å²) in [7, 11) is 0. The minimum Gasteiger partial charge on any atom is -0.475 e. The van der Waals surface area contributed by atoms with Crippen LogP contribution in [0.2, 0.25) is 0 Å². The summed E-state index contributed by atoms with van der Waals surface area (Å²) in [5.41, 5.74) is 1.54. The smallest absolute Gasteiger partial charge is 0.407 e. The van der Waals surface area contributed by atoms with E-state index >= 15 is 0 Å². The van der Waals surface area contributed by atoms with Gasteiger partial charge in [0.25, 0.3) is 0 Å². The average Bonchev–Trinajstić information content (AvgIpc) is 2.85. The molecular weight excluding hydrogens is 339 g/mol. The van der Waals surface area contributed by atoms with Crippen LogP contribution in [0.1, 0.15) is 24.1 Å². The van der Waals surface area contributed by atoms with Gasteiger partial charge in [-0.15, -0.1) is 0 Å². The fourth-order valence-electron chi connectivity index (χ4n) is 4.79. The third kappa shape index (κ3) is 1.89. The molecule has 26 heavy (non-hydrogen) atoms. The van der Waals surface area contributed by atoms with Gasteiger partial charge in [-0.25, -0.2) is 19.2 Å². The van der Waals surface area contributed by atoms with Crippen molar-refractivity contribution in [2.24, 2.45) is 0 Å². The molecule has 136 valence electrons. The molecule has 7 nitrogen and oxygen atoms in total. The zero-order valence-electron chi connectivity index (χ0n) is 14.6. The van der Waals surface area contributed by atoms with E-state index in [1.807, 2.05) is 13.8 Å². The van der Waals surface area contributed by atoms with E-state index in [4.69, 9.17) is 9.72 Å². The van der Waals surface area contributed by atoms with E-state index in [2.05, 4.69) is 9.88 Å². The highest BCUT2D eigenvalue weighted by molar-refractivity contribution is 5.99. The molecule has 2 saturated heterocycles. The fraction of sp³-hybridized carbons (Fsp3) is 0.500. The van der Waals surface area contributed by atoms with Gasteiger partial charge in [0.15, 0.2) is 0 Å².